The Balaban J connectivity index is 1.63. The lowest BCUT2D eigenvalue weighted by Gasteiger charge is -2.33. The molecule has 0 spiro atoms. The highest BCUT2D eigenvalue weighted by molar-refractivity contribution is 6.04. The Bertz CT molecular complexity index is 1130. The Hall–Kier alpha value is -3.33. The van der Waals surface area contributed by atoms with Crippen LogP contribution in [-0.2, 0) is 0 Å². The predicted molar refractivity (Wildman–Crippen MR) is 117 cm³/mol. The summed E-state index contributed by atoms with van der Waals surface area (Å²) in [5.74, 6) is 0.136. The van der Waals surface area contributed by atoms with Crippen LogP contribution < -0.4 is 19.5 Å². The fourth-order valence-electron chi connectivity index (χ4n) is 4.11. The van der Waals surface area contributed by atoms with Gasteiger partial charge in [0.25, 0.3) is 0 Å². The topological polar surface area (TPSA) is 110 Å². The molecule has 9 nitrogen and oxygen atoms in total. The molecule has 1 fully saturated rings. The molecule has 3 aromatic rings. The van der Waals surface area contributed by atoms with E-state index in [1.807, 2.05) is 36.9 Å². The molecule has 0 saturated heterocycles. The number of aliphatic hydroxyl groups is 1. The van der Waals surface area contributed by atoms with Gasteiger partial charge in [-0.25, -0.2) is 0 Å². The zero-order valence-electron chi connectivity index (χ0n) is 18.5. The number of methoxy groups -OCH3 is 1. The molecule has 2 aromatic heterocycles. The van der Waals surface area contributed by atoms with E-state index in [-0.39, 0.29) is 17.6 Å². The highest BCUT2D eigenvalue weighted by Gasteiger charge is 2.30. The van der Waals surface area contributed by atoms with E-state index in [0.29, 0.717) is 22.8 Å². The van der Waals surface area contributed by atoms with Gasteiger partial charge in [-0.2, -0.15) is 5.10 Å². The van der Waals surface area contributed by atoms with Gasteiger partial charge in [0.15, 0.2) is 0 Å². The van der Waals surface area contributed by atoms with E-state index in [1.54, 1.807) is 12.1 Å². The number of nitrogens with zero attached hydrogens (tertiary/aromatic N) is 3. The second-order valence-electron chi connectivity index (χ2n) is 8.40. The molecule has 0 unspecified atom stereocenters. The van der Waals surface area contributed by atoms with Gasteiger partial charge < -0.3 is 19.9 Å². The third-order valence-corrected chi connectivity index (χ3v) is 5.95. The number of rotatable bonds is 6. The number of anilines is 1. The number of fused-ring (bicyclic) bond motifs is 1. The summed E-state index contributed by atoms with van der Waals surface area (Å²) >= 11 is 0. The lowest BCUT2D eigenvalue weighted by Crippen LogP contribution is -2.40. The van der Waals surface area contributed by atoms with Gasteiger partial charge in [-0.3, -0.25) is 14.7 Å². The number of carbonyl (C=O) groups excluding carboxylic acids is 1. The zero-order valence-corrected chi connectivity index (χ0v) is 18.5. The number of pyridine rings is 1. The van der Waals surface area contributed by atoms with Crippen molar-refractivity contribution in [1.29, 1.82) is 0 Å². The molecule has 0 aliphatic heterocycles. The van der Waals surface area contributed by atoms with Gasteiger partial charge >= 0.3 is 17.5 Å². The molecule has 1 aromatic carbocycles. The van der Waals surface area contributed by atoms with Crippen LogP contribution in [0.15, 0.2) is 36.5 Å². The van der Waals surface area contributed by atoms with Gasteiger partial charge in [0.1, 0.15) is 5.75 Å². The van der Waals surface area contributed by atoms with Gasteiger partial charge in [0, 0.05) is 23.7 Å². The minimum absolute atomic E-state index is 0.0249. The minimum Gasteiger partial charge on any atom is -0.492 e. The minimum atomic E-state index is -0.605. The van der Waals surface area contributed by atoms with E-state index in [9.17, 15) is 15.1 Å². The summed E-state index contributed by atoms with van der Waals surface area (Å²) in [5, 5.41) is 28.9. The van der Waals surface area contributed by atoms with Crippen molar-refractivity contribution in [2.24, 2.45) is 0 Å². The lowest BCUT2D eigenvalue weighted by atomic mass is 9.84. The van der Waals surface area contributed by atoms with Crippen molar-refractivity contribution < 1.29 is 29.3 Å². The first-order chi connectivity index (χ1) is 15.3. The van der Waals surface area contributed by atoms with Gasteiger partial charge in [-0.1, -0.05) is 0 Å². The molecule has 2 heterocycles. The first kappa shape index (κ1) is 21.9. The molecular weight excluding hydrogens is 412 g/mol. The number of nitrogens with one attached hydrogen (secondary N) is 1. The molecule has 3 N–H and O–H groups in total. The fourth-order valence-corrected chi connectivity index (χ4v) is 4.11. The van der Waals surface area contributed by atoms with Crippen molar-refractivity contribution >= 4 is 22.5 Å². The normalized spacial score (nSPS) is 20.8. The van der Waals surface area contributed by atoms with Crippen LogP contribution in [0.4, 0.5) is 5.69 Å². The summed E-state index contributed by atoms with van der Waals surface area (Å²) in [6.45, 7) is 4.17. The van der Waals surface area contributed by atoms with E-state index in [4.69, 9.17) is 14.6 Å². The van der Waals surface area contributed by atoms with Crippen molar-refractivity contribution in [3.63, 3.8) is 0 Å². The van der Waals surface area contributed by atoms with Crippen molar-refractivity contribution in [1.82, 2.24) is 9.78 Å². The summed E-state index contributed by atoms with van der Waals surface area (Å²) in [4.78, 5) is 12.9. The van der Waals surface area contributed by atoms with Gasteiger partial charge in [0.2, 0.25) is 0 Å². The van der Waals surface area contributed by atoms with E-state index < -0.39 is 11.5 Å². The molecule has 4 rings (SSSR count). The Kier molecular flexibility index (Phi) is 5.92. The maximum absolute atomic E-state index is 12.9. The van der Waals surface area contributed by atoms with Crippen LogP contribution in [0.2, 0.25) is 0 Å². The SMILES string of the molecule is CCOc1cc2nn(C3CCC(C)(O)CC3)cc2cc1NC(=O)c1cccc(OC)[n+]1O. The molecule has 1 amide bonds. The highest BCUT2D eigenvalue weighted by atomic mass is 16.5. The number of aromatic nitrogens is 3. The van der Waals surface area contributed by atoms with Crippen molar-refractivity contribution in [3.8, 4) is 11.6 Å². The average molecular weight is 442 g/mol. The van der Waals surface area contributed by atoms with Crippen LogP contribution in [0, 0.1) is 0 Å². The molecule has 32 heavy (non-hydrogen) atoms. The molecule has 0 radical (unpaired) electrons. The van der Waals surface area contributed by atoms with Crippen LogP contribution in [-0.4, -0.2) is 45.3 Å². The maximum Gasteiger partial charge on any atom is 0.417 e. The van der Waals surface area contributed by atoms with Crippen LogP contribution in [0.1, 0.15) is 56.1 Å². The average Bonchev–Trinajstić information content (AvgIpc) is 3.17. The van der Waals surface area contributed by atoms with E-state index in [0.717, 1.165) is 36.6 Å². The summed E-state index contributed by atoms with van der Waals surface area (Å²) in [7, 11) is 1.41. The molecule has 1 saturated carbocycles. The number of hydrogen-bond donors (Lipinski definition) is 3. The molecular formula is C23H29N4O5+. The molecule has 1 aliphatic rings. The van der Waals surface area contributed by atoms with Crippen LogP contribution >= 0.6 is 0 Å². The van der Waals surface area contributed by atoms with Gasteiger partial charge in [-0.05, 0) is 51.7 Å². The van der Waals surface area contributed by atoms with E-state index in [2.05, 4.69) is 5.32 Å². The maximum atomic E-state index is 12.9. The van der Waals surface area contributed by atoms with Crippen LogP contribution in [0.25, 0.3) is 10.9 Å². The predicted octanol–water partition coefficient (Wildman–Crippen LogP) is 3.09. The first-order valence-electron chi connectivity index (χ1n) is 10.8. The largest absolute Gasteiger partial charge is 0.492 e. The second-order valence-corrected chi connectivity index (χ2v) is 8.40. The smallest absolute Gasteiger partial charge is 0.417 e. The number of carbonyl (C=O) groups is 1. The standard InChI is InChI=1S/C23H28N4O5/c1-4-32-20-13-17-15(14-26(25-17)16-8-10-23(2,29)11-9-16)12-18(20)24-22(28)19-6-5-7-21(31-3)27(19)30/h5-7,12-14,16,29H,4,8-11H2,1-3H3,(H-,24,28,30)/p+1. The molecule has 0 atom stereocenters. The molecule has 170 valence electrons. The van der Waals surface area contributed by atoms with E-state index in [1.165, 1.54) is 13.2 Å². The Morgan fingerprint density at radius 1 is 1.34 bits per heavy atom. The Labute approximate surface area is 186 Å². The number of amides is 1. The molecule has 0 bridgehead atoms. The van der Waals surface area contributed by atoms with E-state index >= 15 is 0 Å². The molecule has 1 aliphatic carbocycles. The second kappa shape index (κ2) is 8.66. The number of benzene rings is 1. The van der Waals surface area contributed by atoms with Crippen LogP contribution in [0.5, 0.6) is 11.6 Å². The Morgan fingerprint density at radius 2 is 2.09 bits per heavy atom. The quantitative estimate of drug-likeness (QED) is 0.401. The Morgan fingerprint density at radius 3 is 2.78 bits per heavy atom. The van der Waals surface area contributed by atoms with Gasteiger partial charge in [0.05, 0.1) is 47.4 Å². The fraction of sp³-hybridized carbons (Fsp3) is 0.435. The van der Waals surface area contributed by atoms with Crippen molar-refractivity contribution in [3.05, 3.63) is 42.2 Å². The summed E-state index contributed by atoms with van der Waals surface area (Å²) in [6, 6.07) is 8.52. The monoisotopic (exact) mass is 441 g/mol. The summed E-state index contributed by atoms with van der Waals surface area (Å²) < 4.78 is 13.5. The zero-order chi connectivity index (χ0) is 22.9. The lowest BCUT2D eigenvalue weighted by molar-refractivity contribution is -0.907. The number of hydrogen-bond acceptors (Lipinski definition) is 6. The third-order valence-electron chi connectivity index (χ3n) is 5.95. The van der Waals surface area contributed by atoms with Crippen molar-refractivity contribution in [2.75, 3.05) is 19.0 Å². The van der Waals surface area contributed by atoms with Gasteiger partial charge in [-0.15, -0.1) is 0 Å². The first-order valence-corrected chi connectivity index (χ1v) is 10.8. The highest BCUT2D eigenvalue weighted by Crippen LogP contribution is 2.36. The third kappa shape index (κ3) is 4.34. The summed E-state index contributed by atoms with van der Waals surface area (Å²) in [6.07, 6.45) is 5.15. The molecule has 9 heteroatoms. The summed E-state index contributed by atoms with van der Waals surface area (Å²) in [5.41, 5.74) is 0.671. The van der Waals surface area contributed by atoms with Crippen LogP contribution in [0.3, 0.4) is 0 Å². The number of ether oxygens (including phenoxy) is 2. The van der Waals surface area contributed by atoms with Crippen molar-refractivity contribution in [2.45, 2.75) is 51.2 Å².